The highest BCUT2D eigenvalue weighted by Gasteiger charge is 2.31. The van der Waals surface area contributed by atoms with E-state index in [4.69, 9.17) is 4.74 Å². The standard InChI is InChI=1S/C21H30N2O5S/c1-16-9-10-18(29(26,27)23-13-7-4-8-17(23)2)14-19(16)21(25)28-15-20(24)22-11-5-3-6-12-22/h9-10,14,17H,3-8,11-13,15H2,1-2H3. The number of hydrogen-bond donors (Lipinski definition) is 0. The van der Waals surface area contributed by atoms with Crippen molar-refractivity contribution in [3.63, 3.8) is 0 Å². The van der Waals surface area contributed by atoms with E-state index < -0.39 is 16.0 Å². The van der Waals surface area contributed by atoms with E-state index in [1.807, 2.05) is 6.92 Å². The van der Waals surface area contributed by atoms with Gasteiger partial charge in [0.15, 0.2) is 6.61 Å². The quantitative estimate of drug-likeness (QED) is 0.681. The maximum atomic E-state index is 13.1. The van der Waals surface area contributed by atoms with Crippen molar-refractivity contribution in [2.45, 2.75) is 63.3 Å². The predicted molar refractivity (Wildman–Crippen MR) is 109 cm³/mol. The van der Waals surface area contributed by atoms with Gasteiger partial charge in [-0.2, -0.15) is 4.31 Å². The van der Waals surface area contributed by atoms with Crippen molar-refractivity contribution in [3.05, 3.63) is 29.3 Å². The summed E-state index contributed by atoms with van der Waals surface area (Å²) >= 11 is 0. The molecule has 1 aromatic rings. The van der Waals surface area contributed by atoms with E-state index in [-0.39, 0.29) is 29.0 Å². The fourth-order valence-corrected chi connectivity index (χ4v) is 5.71. The molecule has 2 saturated heterocycles. The summed E-state index contributed by atoms with van der Waals surface area (Å²) in [6.45, 7) is 5.18. The van der Waals surface area contributed by atoms with E-state index in [2.05, 4.69) is 0 Å². The number of piperidine rings is 2. The summed E-state index contributed by atoms with van der Waals surface area (Å²) in [5.74, 6) is -0.877. The minimum atomic E-state index is -3.68. The molecule has 1 unspecified atom stereocenters. The van der Waals surface area contributed by atoms with Gasteiger partial charge in [-0.15, -0.1) is 0 Å². The molecule has 0 saturated carbocycles. The Morgan fingerprint density at radius 1 is 1.07 bits per heavy atom. The lowest BCUT2D eigenvalue weighted by molar-refractivity contribution is -0.135. The van der Waals surface area contributed by atoms with Crippen molar-refractivity contribution >= 4 is 21.9 Å². The van der Waals surface area contributed by atoms with Crippen LogP contribution in [0.25, 0.3) is 0 Å². The Balaban J connectivity index is 1.72. The Kier molecular flexibility index (Phi) is 6.95. The Labute approximate surface area is 173 Å². The zero-order chi connectivity index (χ0) is 21.0. The summed E-state index contributed by atoms with van der Waals surface area (Å²) in [6.07, 6.45) is 5.73. The fraction of sp³-hybridized carbons (Fsp3) is 0.619. The lowest BCUT2D eigenvalue weighted by Crippen LogP contribution is -2.42. The van der Waals surface area contributed by atoms with Crippen molar-refractivity contribution in [3.8, 4) is 0 Å². The third-order valence-corrected chi connectivity index (χ3v) is 7.82. The van der Waals surface area contributed by atoms with Crippen LogP contribution in [0.4, 0.5) is 0 Å². The first-order valence-electron chi connectivity index (χ1n) is 10.4. The molecule has 0 aliphatic carbocycles. The molecule has 8 heteroatoms. The van der Waals surface area contributed by atoms with Crippen LogP contribution in [0, 0.1) is 6.92 Å². The molecule has 2 aliphatic heterocycles. The largest absolute Gasteiger partial charge is 0.452 e. The van der Waals surface area contributed by atoms with Crippen LogP contribution in [0.3, 0.4) is 0 Å². The molecule has 1 aromatic carbocycles. The van der Waals surface area contributed by atoms with Gasteiger partial charge in [0.1, 0.15) is 0 Å². The first-order chi connectivity index (χ1) is 13.8. The van der Waals surface area contributed by atoms with E-state index in [0.29, 0.717) is 25.2 Å². The predicted octanol–water partition coefficient (Wildman–Crippen LogP) is 2.73. The molecule has 3 rings (SSSR count). The van der Waals surface area contributed by atoms with E-state index in [0.717, 1.165) is 38.5 Å². The van der Waals surface area contributed by atoms with Gasteiger partial charge in [-0.3, -0.25) is 4.79 Å². The lowest BCUT2D eigenvalue weighted by Gasteiger charge is -2.32. The monoisotopic (exact) mass is 422 g/mol. The summed E-state index contributed by atoms with van der Waals surface area (Å²) in [5.41, 5.74) is 0.799. The Morgan fingerprint density at radius 2 is 1.76 bits per heavy atom. The average molecular weight is 423 g/mol. The second kappa shape index (κ2) is 9.26. The molecule has 0 N–H and O–H groups in total. The second-order valence-electron chi connectivity index (χ2n) is 7.95. The van der Waals surface area contributed by atoms with E-state index in [9.17, 15) is 18.0 Å². The number of rotatable bonds is 5. The zero-order valence-electron chi connectivity index (χ0n) is 17.2. The number of nitrogens with zero attached hydrogens (tertiary/aromatic N) is 2. The van der Waals surface area contributed by atoms with Gasteiger partial charge in [0, 0.05) is 25.7 Å². The number of amides is 1. The second-order valence-corrected chi connectivity index (χ2v) is 9.85. The highest BCUT2D eigenvalue weighted by molar-refractivity contribution is 7.89. The van der Waals surface area contributed by atoms with Gasteiger partial charge in [0.2, 0.25) is 10.0 Å². The highest BCUT2D eigenvalue weighted by Crippen LogP contribution is 2.26. The van der Waals surface area contributed by atoms with Crippen LogP contribution < -0.4 is 0 Å². The van der Waals surface area contributed by atoms with Gasteiger partial charge in [0.25, 0.3) is 5.91 Å². The topological polar surface area (TPSA) is 84.0 Å². The third kappa shape index (κ3) is 4.98. The summed E-state index contributed by atoms with van der Waals surface area (Å²) in [6, 6.07) is 4.46. The lowest BCUT2D eigenvalue weighted by atomic mass is 10.1. The summed E-state index contributed by atoms with van der Waals surface area (Å²) in [7, 11) is -3.68. The minimum absolute atomic E-state index is 0.0624. The molecule has 29 heavy (non-hydrogen) atoms. The minimum Gasteiger partial charge on any atom is -0.452 e. The molecule has 0 radical (unpaired) electrons. The number of carbonyl (C=O) groups is 2. The number of ether oxygens (including phenoxy) is 1. The number of sulfonamides is 1. The van der Waals surface area contributed by atoms with Crippen molar-refractivity contribution in [2.75, 3.05) is 26.2 Å². The van der Waals surface area contributed by atoms with Crippen molar-refractivity contribution in [1.82, 2.24) is 9.21 Å². The zero-order valence-corrected chi connectivity index (χ0v) is 18.0. The molecule has 0 bridgehead atoms. The molecule has 2 fully saturated rings. The fourth-order valence-electron chi connectivity index (χ4n) is 3.99. The van der Waals surface area contributed by atoms with E-state index >= 15 is 0 Å². The van der Waals surface area contributed by atoms with Gasteiger partial charge >= 0.3 is 5.97 Å². The first kappa shape index (κ1) is 21.8. The molecule has 160 valence electrons. The Hall–Kier alpha value is -1.93. The molecule has 2 aliphatic rings. The summed E-state index contributed by atoms with van der Waals surface area (Å²) in [5, 5.41) is 0. The highest BCUT2D eigenvalue weighted by atomic mass is 32.2. The van der Waals surface area contributed by atoms with Gasteiger partial charge in [-0.05, 0) is 63.6 Å². The van der Waals surface area contributed by atoms with E-state index in [1.54, 1.807) is 17.9 Å². The number of aryl methyl sites for hydroxylation is 1. The van der Waals surface area contributed by atoms with Crippen molar-refractivity contribution in [1.29, 1.82) is 0 Å². The number of benzene rings is 1. The molecular weight excluding hydrogens is 392 g/mol. The third-order valence-electron chi connectivity index (χ3n) is 5.81. The molecule has 2 heterocycles. The smallest absolute Gasteiger partial charge is 0.338 e. The van der Waals surface area contributed by atoms with Crippen LogP contribution in [-0.4, -0.2) is 61.8 Å². The molecule has 1 amide bonds. The number of hydrogen-bond acceptors (Lipinski definition) is 5. The maximum Gasteiger partial charge on any atom is 0.338 e. The molecule has 1 atom stereocenters. The van der Waals surface area contributed by atoms with Crippen LogP contribution >= 0.6 is 0 Å². The Bertz CT molecular complexity index is 862. The van der Waals surface area contributed by atoms with Crippen LogP contribution in [-0.2, 0) is 19.6 Å². The summed E-state index contributed by atoms with van der Waals surface area (Å²) in [4.78, 5) is 26.6. The average Bonchev–Trinajstić information content (AvgIpc) is 2.72. The van der Waals surface area contributed by atoms with Gasteiger partial charge < -0.3 is 9.64 Å². The SMILES string of the molecule is Cc1ccc(S(=O)(=O)N2CCCCC2C)cc1C(=O)OCC(=O)N1CCCCC1. The normalized spacial score (nSPS) is 21.0. The number of likely N-dealkylation sites (tertiary alicyclic amines) is 1. The van der Waals surface area contributed by atoms with Crippen LogP contribution in [0.1, 0.15) is 61.4 Å². The number of carbonyl (C=O) groups excluding carboxylic acids is 2. The maximum absolute atomic E-state index is 13.1. The molecule has 0 aromatic heterocycles. The van der Waals surface area contributed by atoms with Crippen LogP contribution in [0.2, 0.25) is 0 Å². The van der Waals surface area contributed by atoms with Crippen LogP contribution in [0.15, 0.2) is 23.1 Å². The summed E-state index contributed by atoms with van der Waals surface area (Å²) < 4.78 is 32.9. The van der Waals surface area contributed by atoms with Gasteiger partial charge in [-0.25, -0.2) is 13.2 Å². The van der Waals surface area contributed by atoms with Crippen molar-refractivity contribution in [2.24, 2.45) is 0 Å². The molecule has 7 nitrogen and oxygen atoms in total. The van der Waals surface area contributed by atoms with Crippen molar-refractivity contribution < 1.29 is 22.7 Å². The van der Waals surface area contributed by atoms with Gasteiger partial charge in [-0.1, -0.05) is 12.5 Å². The van der Waals surface area contributed by atoms with Crippen LogP contribution in [0.5, 0.6) is 0 Å². The Morgan fingerprint density at radius 3 is 2.45 bits per heavy atom. The molecular formula is C21H30N2O5S. The van der Waals surface area contributed by atoms with Gasteiger partial charge in [0.05, 0.1) is 10.5 Å². The number of esters is 1. The van der Waals surface area contributed by atoms with E-state index in [1.165, 1.54) is 16.4 Å². The first-order valence-corrected chi connectivity index (χ1v) is 11.8. The molecule has 0 spiro atoms.